The third-order valence-corrected chi connectivity index (χ3v) is 7.72. The van der Waals surface area contributed by atoms with E-state index in [1.54, 1.807) is 12.1 Å². The fourth-order valence-electron chi connectivity index (χ4n) is 5.43. The normalized spacial score (nSPS) is 21.6. The van der Waals surface area contributed by atoms with Gasteiger partial charge in [0.1, 0.15) is 0 Å². The van der Waals surface area contributed by atoms with Crippen molar-refractivity contribution >= 4 is 22.9 Å². The maximum Gasteiger partial charge on any atom is 0.197 e. The number of allylic oxidation sites excluding steroid dienone is 1. The van der Waals surface area contributed by atoms with Gasteiger partial charge in [-0.05, 0) is 79.2 Å². The summed E-state index contributed by atoms with van der Waals surface area (Å²) in [5.74, 6) is 1.22. The van der Waals surface area contributed by atoms with E-state index < -0.39 is 0 Å². The minimum atomic E-state index is -0.00329. The van der Waals surface area contributed by atoms with Crippen LogP contribution in [0.4, 0.5) is 0 Å². The van der Waals surface area contributed by atoms with Crippen LogP contribution in [0.3, 0.4) is 0 Å². The zero-order valence-corrected chi connectivity index (χ0v) is 20.7. The molecule has 1 aliphatic carbocycles. The summed E-state index contributed by atoms with van der Waals surface area (Å²) >= 11 is 0. The largest absolute Gasteiger partial charge is 0.396 e. The molecule has 3 aliphatic rings. The average Bonchev–Trinajstić information content (AvgIpc) is 3.75. The molecule has 6 heteroatoms. The second kappa shape index (κ2) is 10.8. The van der Waals surface area contributed by atoms with Crippen molar-refractivity contribution in [3.05, 3.63) is 70.8 Å². The molecular weight excluding hydrogens is 448 g/mol. The van der Waals surface area contributed by atoms with Gasteiger partial charge in [0, 0.05) is 37.7 Å². The number of hydrogen-bond acceptors (Lipinski definition) is 6. The molecule has 0 spiro atoms. The molecular formula is C30H34N4O2. The predicted molar refractivity (Wildman–Crippen MR) is 142 cm³/mol. The van der Waals surface area contributed by atoms with Crippen LogP contribution in [0.15, 0.2) is 53.5 Å². The second-order valence-electron chi connectivity index (χ2n) is 10.3. The van der Waals surface area contributed by atoms with Crippen molar-refractivity contribution in [2.45, 2.75) is 56.9 Å². The van der Waals surface area contributed by atoms with Crippen LogP contribution in [0.25, 0.3) is 11.3 Å². The molecule has 186 valence electrons. The van der Waals surface area contributed by atoms with E-state index in [-0.39, 0.29) is 24.3 Å². The SMILES string of the molecule is N#Cc1ccc(C2=C(c3ccc(C4CC4)cc3)C(CCO)CCC(=O)C(N3CCC(N)CC3)=N2)cc1. The van der Waals surface area contributed by atoms with Crippen LogP contribution in [0.1, 0.15) is 73.1 Å². The van der Waals surface area contributed by atoms with Gasteiger partial charge in [0.25, 0.3) is 0 Å². The summed E-state index contributed by atoms with van der Waals surface area (Å²) in [7, 11) is 0. The number of aliphatic imine (C=N–C) groups is 1. The molecule has 2 heterocycles. The number of nitriles is 1. The van der Waals surface area contributed by atoms with Crippen molar-refractivity contribution in [3.8, 4) is 6.07 Å². The number of benzene rings is 2. The topological polar surface area (TPSA) is 103 Å². The Morgan fingerprint density at radius 3 is 2.25 bits per heavy atom. The number of aliphatic hydroxyl groups is 1. The van der Waals surface area contributed by atoms with Gasteiger partial charge >= 0.3 is 0 Å². The monoisotopic (exact) mass is 482 g/mol. The van der Waals surface area contributed by atoms with Gasteiger partial charge in [0.15, 0.2) is 11.6 Å². The summed E-state index contributed by atoms with van der Waals surface area (Å²) in [6, 6.07) is 18.6. The van der Waals surface area contributed by atoms with Crippen LogP contribution in [0.2, 0.25) is 0 Å². The molecule has 3 N–H and O–H groups in total. The minimum absolute atomic E-state index is 0.00329. The second-order valence-corrected chi connectivity index (χ2v) is 10.3. The van der Waals surface area contributed by atoms with Gasteiger partial charge in [-0.1, -0.05) is 36.4 Å². The number of Topliss-reactive ketones (excluding diaryl/α,β-unsaturated/α-hetero) is 1. The lowest BCUT2D eigenvalue weighted by Crippen LogP contribution is -2.46. The standard InChI is InChI=1S/C30H34N4O2/c31-19-20-1-3-25(4-2-20)29-28(23-9-7-22(8-10-23)21-5-6-21)24(15-18-35)11-12-27(36)30(33-29)34-16-13-26(32)14-17-34/h1-4,7-10,21,24,26,35H,5-6,11-18,32H2. The first-order valence-corrected chi connectivity index (χ1v) is 13.2. The fraction of sp³-hybridized carbons (Fsp3) is 0.433. The number of rotatable bonds is 5. The summed E-state index contributed by atoms with van der Waals surface area (Å²) < 4.78 is 0. The lowest BCUT2D eigenvalue weighted by molar-refractivity contribution is -0.114. The molecule has 2 aromatic carbocycles. The third kappa shape index (κ3) is 5.28. The number of amidine groups is 1. The smallest absolute Gasteiger partial charge is 0.197 e. The van der Waals surface area contributed by atoms with Crippen LogP contribution < -0.4 is 5.73 Å². The number of aliphatic hydroxyl groups excluding tert-OH is 1. The van der Waals surface area contributed by atoms with Crippen molar-refractivity contribution in [1.29, 1.82) is 5.26 Å². The quantitative estimate of drug-likeness (QED) is 0.654. The van der Waals surface area contributed by atoms with E-state index >= 15 is 0 Å². The summed E-state index contributed by atoms with van der Waals surface area (Å²) in [4.78, 5) is 20.6. The number of carbonyl (C=O) groups excluding carboxylic acids is 1. The van der Waals surface area contributed by atoms with E-state index in [0.29, 0.717) is 36.6 Å². The molecule has 0 amide bonds. The Morgan fingerprint density at radius 2 is 1.64 bits per heavy atom. The zero-order valence-electron chi connectivity index (χ0n) is 20.7. The van der Waals surface area contributed by atoms with Crippen LogP contribution in [-0.4, -0.2) is 47.4 Å². The average molecular weight is 483 g/mol. The number of piperidine rings is 1. The molecule has 36 heavy (non-hydrogen) atoms. The molecule has 2 aliphatic heterocycles. The summed E-state index contributed by atoms with van der Waals surface area (Å²) in [5.41, 5.74) is 11.9. The molecule has 0 radical (unpaired) electrons. The van der Waals surface area contributed by atoms with Crippen molar-refractivity contribution in [1.82, 2.24) is 4.90 Å². The maximum absolute atomic E-state index is 13.4. The third-order valence-electron chi connectivity index (χ3n) is 7.72. The molecule has 6 nitrogen and oxygen atoms in total. The fourth-order valence-corrected chi connectivity index (χ4v) is 5.43. The molecule has 1 saturated heterocycles. The highest BCUT2D eigenvalue weighted by molar-refractivity contribution is 6.40. The number of hydrogen-bond donors (Lipinski definition) is 2. The Labute approximate surface area is 213 Å². The number of nitrogens with two attached hydrogens (primary N) is 1. The number of nitrogens with zero attached hydrogens (tertiary/aromatic N) is 3. The molecule has 2 fully saturated rings. The lowest BCUT2D eigenvalue weighted by Gasteiger charge is -2.34. The molecule has 0 bridgehead atoms. The Hall–Kier alpha value is -3.27. The zero-order chi connectivity index (χ0) is 25.1. The van der Waals surface area contributed by atoms with Crippen LogP contribution in [0.5, 0.6) is 0 Å². The van der Waals surface area contributed by atoms with Gasteiger partial charge < -0.3 is 15.7 Å². The van der Waals surface area contributed by atoms with Crippen molar-refractivity contribution < 1.29 is 9.90 Å². The van der Waals surface area contributed by atoms with Crippen LogP contribution in [-0.2, 0) is 4.79 Å². The summed E-state index contributed by atoms with van der Waals surface area (Å²) in [6.07, 6.45) is 5.80. The highest BCUT2D eigenvalue weighted by atomic mass is 16.3. The molecule has 1 saturated carbocycles. The van der Waals surface area contributed by atoms with Crippen LogP contribution in [0, 0.1) is 17.2 Å². The number of ketones is 1. The molecule has 0 aromatic heterocycles. The minimum Gasteiger partial charge on any atom is -0.396 e. The Balaban J connectivity index is 1.69. The van der Waals surface area contributed by atoms with E-state index in [2.05, 4.69) is 35.2 Å². The van der Waals surface area contributed by atoms with Crippen molar-refractivity contribution in [2.24, 2.45) is 16.6 Å². The van der Waals surface area contributed by atoms with E-state index in [1.807, 2.05) is 12.1 Å². The van der Waals surface area contributed by atoms with Gasteiger partial charge in [0.2, 0.25) is 0 Å². The first-order chi connectivity index (χ1) is 17.6. The molecule has 1 unspecified atom stereocenters. The number of likely N-dealkylation sites (tertiary alicyclic amines) is 1. The highest BCUT2D eigenvalue weighted by Crippen LogP contribution is 2.42. The van der Waals surface area contributed by atoms with Gasteiger partial charge in [-0.15, -0.1) is 0 Å². The van der Waals surface area contributed by atoms with Gasteiger partial charge in [0.05, 0.1) is 17.3 Å². The first-order valence-electron chi connectivity index (χ1n) is 13.2. The van der Waals surface area contributed by atoms with Crippen molar-refractivity contribution in [3.63, 3.8) is 0 Å². The Kier molecular flexibility index (Phi) is 7.31. The lowest BCUT2D eigenvalue weighted by atomic mass is 9.82. The van der Waals surface area contributed by atoms with E-state index in [4.69, 9.17) is 10.7 Å². The molecule has 2 aromatic rings. The van der Waals surface area contributed by atoms with Crippen LogP contribution >= 0.6 is 0 Å². The van der Waals surface area contributed by atoms with Gasteiger partial charge in [-0.25, -0.2) is 4.99 Å². The highest BCUT2D eigenvalue weighted by Gasteiger charge is 2.31. The number of carbonyl (C=O) groups is 1. The van der Waals surface area contributed by atoms with E-state index in [9.17, 15) is 15.2 Å². The summed E-state index contributed by atoms with van der Waals surface area (Å²) in [6.45, 7) is 1.49. The van der Waals surface area contributed by atoms with E-state index in [0.717, 1.165) is 48.3 Å². The first kappa shape index (κ1) is 24.4. The van der Waals surface area contributed by atoms with Gasteiger partial charge in [-0.3, -0.25) is 4.79 Å². The Bertz CT molecular complexity index is 1200. The molecule has 5 rings (SSSR count). The van der Waals surface area contributed by atoms with Crippen molar-refractivity contribution in [2.75, 3.05) is 19.7 Å². The summed E-state index contributed by atoms with van der Waals surface area (Å²) in [5, 5.41) is 19.3. The van der Waals surface area contributed by atoms with Gasteiger partial charge in [-0.2, -0.15) is 5.26 Å². The molecule has 1 atom stereocenters. The Morgan fingerprint density at radius 1 is 0.972 bits per heavy atom. The predicted octanol–water partition coefficient (Wildman–Crippen LogP) is 4.49. The maximum atomic E-state index is 13.4. The van der Waals surface area contributed by atoms with E-state index in [1.165, 1.54) is 18.4 Å².